The Hall–Kier alpha value is -2.50. The van der Waals surface area contributed by atoms with E-state index in [0.29, 0.717) is 10.6 Å². The number of halogens is 1. The molecule has 2 aliphatic rings. The summed E-state index contributed by atoms with van der Waals surface area (Å²) < 4.78 is 2.16. The molecule has 0 spiro atoms. The molecule has 1 saturated heterocycles. The minimum absolute atomic E-state index is 0.307. The summed E-state index contributed by atoms with van der Waals surface area (Å²) in [5.74, 6) is 0. The van der Waals surface area contributed by atoms with Crippen LogP contribution in [0.25, 0.3) is 10.9 Å². The van der Waals surface area contributed by atoms with Crippen LogP contribution in [0.5, 0.6) is 0 Å². The molecule has 2 aliphatic heterocycles. The minimum atomic E-state index is 0.307. The lowest BCUT2D eigenvalue weighted by molar-refractivity contribution is 0.217. The number of nitrogens with one attached hydrogen (secondary N) is 2. The van der Waals surface area contributed by atoms with Gasteiger partial charge < -0.3 is 10.2 Å². The first-order chi connectivity index (χ1) is 14.6. The molecule has 0 aliphatic carbocycles. The van der Waals surface area contributed by atoms with E-state index in [0.717, 1.165) is 29.7 Å². The van der Waals surface area contributed by atoms with E-state index in [-0.39, 0.29) is 0 Å². The normalized spacial score (nSPS) is 20.3. The number of anilines is 1. The van der Waals surface area contributed by atoms with Crippen molar-refractivity contribution >= 4 is 28.2 Å². The molecule has 156 valence electrons. The van der Waals surface area contributed by atoms with Gasteiger partial charge in [0.1, 0.15) is 0 Å². The zero-order valence-electron chi connectivity index (χ0n) is 17.6. The Kier molecular flexibility index (Phi) is 4.95. The van der Waals surface area contributed by atoms with Gasteiger partial charge in [-0.3, -0.25) is 15.1 Å². The van der Waals surface area contributed by atoms with E-state index >= 15 is 0 Å². The van der Waals surface area contributed by atoms with Crippen LogP contribution in [0.1, 0.15) is 36.2 Å². The van der Waals surface area contributed by atoms with E-state index in [2.05, 4.69) is 57.5 Å². The fourth-order valence-electron chi connectivity index (χ4n) is 5.02. The van der Waals surface area contributed by atoms with Crippen LogP contribution in [0.4, 0.5) is 5.69 Å². The Morgan fingerprint density at radius 3 is 3.00 bits per heavy atom. The minimum Gasteiger partial charge on any atom is -0.370 e. The molecule has 4 heterocycles. The van der Waals surface area contributed by atoms with Crippen LogP contribution in [0, 0.1) is 13.8 Å². The van der Waals surface area contributed by atoms with Gasteiger partial charge in [-0.15, -0.1) is 0 Å². The topological polar surface area (TPSA) is 45.1 Å². The number of hydrogen-bond donors (Lipinski definition) is 2. The monoisotopic (exact) mass is 421 g/mol. The molecule has 2 N–H and O–H groups in total. The van der Waals surface area contributed by atoms with Crippen LogP contribution in [-0.2, 0) is 6.54 Å². The van der Waals surface area contributed by atoms with Crippen molar-refractivity contribution in [2.75, 3.05) is 18.5 Å². The van der Waals surface area contributed by atoms with E-state index in [1.165, 1.54) is 42.8 Å². The summed E-state index contributed by atoms with van der Waals surface area (Å²) in [7, 11) is 0. The van der Waals surface area contributed by atoms with Crippen molar-refractivity contribution in [3.63, 3.8) is 0 Å². The summed E-state index contributed by atoms with van der Waals surface area (Å²) in [4.78, 5) is 6.98. The van der Waals surface area contributed by atoms with Gasteiger partial charge in [0.25, 0.3) is 0 Å². The van der Waals surface area contributed by atoms with Gasteiger partial charge in [0, 0.05) is 47.6 Å². The average molecular weight is 422 g/mol. The first kappa shape index (κ1) is 19.5. The molecule has 0 amide bonds. The maximum absolute atomic E-state index is 6.13. The molecule has 2 aromatic heterocycles. The third kappa shape index (κ3) is 3.36. The largest absolute Gasteiger partial charge is 0.370 e. The second-order valence-corrected chi connectivity index (χ2v) is 9.01. The molecule has 3 aromatic rings. The first-order valence-corrected chi connectivity index (χ1v) is 11.1. The number of hydrogen-bond acceptors (Lipinski definition) is 4. The SMILES string of the molecule is Cc1cc(CNCC23CC=CN2CCC3)c(C)n1Nc1ccnc2cc(Cl)ccc12. The lowest BCUT2D eigenvalue weighted by Crippen LogP contribution is -2.45. The number of aromatic nitrogens is 2. The van der Waals surface area contributed by atoms with Crippen molar-refractivity contribution in [1.29, 1.82) is 0 Å². The third-order valence-corrected chi connectivity index (χ3v) is 6.91. The maximum Gasteiger partial charge on any atom is 0.0738 e. The van der Waals surface area contributed by atoms with E-state index in [9.17, 15) is 0 Å². The van der Waals surface area contributed by atoms with Crippen molar-refractivity contribution in [2.24, 2.45) is 0 Å². The Bertz CT molecular complexity index is 1120. The number of nitrogens with zero attached hydrogens (tertiary/aromatic N) is 3. The summed E-state index contributed by atoms with van der Waals surface area (Å²) in [5, 5.41) is 5.50. The highest BCUT2D eigenvalue weighted by atomic mass is 35.5. The molecule has 1 aromatic carbocycles. The summed E-state index contributed by atoms with van der Waals surface area (Å²) in [6.07, 6.45) is 10.2. The van der Waals surface area contributed by atoms with E-state index in [1.807, 2.05) is 30.5 Å². The smallest absolute Gasteiger partial charge is 0.0738 e. The second-order valence-electron chi connectivity index (χ2n) is 8.58. The Morgan fingerprint density at radius 1 is 1.20 bits per heavy atom. The Labute approximate surface area is 182 Å². The van der Waals surface area contributed by atoms with Crippen molar-refractivity contribution in [1.82, 2.24) is 19.9 Å². The molecular weight excluding hydrogens is 394 g/mol. The summed E-state index contributed by atoms with van der Waals surface area (Å²) in [6, 6.07) is 10.1. The van der Waals surface area contributed by atoms with Crippen LogP contribution < -0.4 is 10.7 Å². The molecular formula is C24H28ClN5. The lowest BCUT2D eigenvalue weighted by atomic mass is 9.94. The van der Waals surface area contributed by atoms with Crippen molar-refractivity contribution in [3.05, 3.63) is 70.8 Å². The van der Waals surface area contributed by atoms with Gasteiger partial charge in [-0.05, 0) is 75.2 Å². The van der Waals surface area contributed by atoms with E-state index in [4.69, 9.17) is 11.6 Å². The van der Waals surface area contributed by atoms with Gasteiger partial charge in [0.15, 0.2) is 0 Å². The highest BCUT2D eigenvalue weighted by Crippen LogP contribution is 2.36. The second kappa shape index (κ2) is 7.64. The molecule has 0 radical (unpaired) electrons. The number of fused-ring (bicyclic) bond motifs is 2. The third-order valence-electron chi connectivity index (χ3n) is 6.68. The fourth-order valence-corrected chi connectivity index (χ4v) is 5.19. The molecule has 5 nitrogen and oxygen atoms in total. The maximum atomic E-state index is 6.13. The summed E-state index contributed by atoms with van der Waals surface area (Å²) in [6.45, 7) is 7.43. The zero-order valence-corrected chi connectivity index (χ0v) is 18.3. The molecule has 0 saturated carbocycles. The highest BCUT2D eigenvalue weighted by molar-refractivity contribution is 6.31. The highest BCUT2D eigenvalue weighted by Gasteiger charge is 2.40. The van der Waals surface area contributed by atoms with E-state index in [1.54, 1.807) is 0 Å². The van der Waals surface area contributed by atoms with E-state index < -0.39 is 0 Å². The quantitative estimate of drug-likeness (QED) is 0.586. The Balaban J connectivity index is 1.32. The van der Waals surface area contributed by atoms with Gasteiger partial charge in [-0.25, -0.2) is 0 Å². The molecule has 6 heteroatoms. The number of benzene rings is 1. The predicted molar refractivity (Wildman–Crippen MR) is 124 cm³/mol. The first-order valence-electron chi connectivity index (χ1n) is 10.7. The van der Waals surface area contributed by atoms with Crippen LogP contribution in [0.3, 0.4) is 0 Å². The Morgan fingerprint density at radius 2 is 2.10 bits per heavy atom. The van der Waals surface area contributed by atoms with Gasteiger partial charge in [0.2, 0.25) is 0 Å². The fraction of sp³-hybridized carbons (Fsp3) is 0.375. The van der Waals surface area contributed by atoms with Crippen molar-refractivity contribution < 1.29 is 0 Å². The average Bonchev–Trinajstić information content (AvgIpc) is 3.37. The summed E-state index contributed by atoms with van der Waals surface area (Å²) in [5.41, 5.74) is 9.54. The molecule has 0 bridgehead atoms. The van der Waals surface area contributed by atoms with Crippen LogP contribution >= 0.6 is 11.6 Å². The predicted octanol–water partition coefficient (Wildman–Crippen LogP) is 5.02. The van der Waals surface area contributed by atoms with Gasteiger partial charge in [0.05, 0.1) is 16.7 Å². The zero-order chi connectivity index (χ0) is 20.7. The number of aryl methyl sites for hydroxylation is 1. The molecule has 1 atom stereocenters. The number of pyridine rings is 1. The van der Waals surface area contributed by atoms with Gasteiger partial charge in [-0.1, -0.05) is 17.7 Å². The lowest BCUT2D eigenvalue weighted by Gasteiger charge is -2.33. The molecule has 1 unspecified atom stereocenters. The van der Waals surface area contributed by atoms with Crippen LogP contribution in [0.15, 0.2) is 48.8 Å². The number of rotatable bonds is 6. The molecule has 30 heavy (non-hydrogen) atoms. The van der Waals surface area contributed by atoms with Crippen LogP contribution in [-0.4, -0.2) is 33.2 Å². The van der Waals surface area contributed by atoms with Crippen molar-refractivity contribution in [2.45, 2.75) is 45.2 Å². The van der Waals surface area contributed by atoms with Gasteiger partial charge in [-0.2, -0.15) is 0 Å². The molecule has 5 rings (SSSR count). The summed E-state index contributed by atoms with van der Waals surface area (Å²) >= 11 is 6.13. The standard InChI is InChI=1S/C24H28ClN5/c1-17-13-19(15-26-16-24-8-3-11-29(24)12-4-9-24)18(2)30(17)28-22-7-10-27-23-14-20(25)5-6-21(22)23/h3,5-7,10-11,13-14,26H,4,8-9,12,15-16H2,1-2H3,(H,27,28). The van der Waals surface area contributed by atoms with Crippen molar-refractivity contribution in [3.8, 4) is 0 Å². The van der Waals surface area contributed by atoms with Gasteiger partial charge >= 0.3 is 0 Å². The van der Waals surface area contributed by atoms with Crippen LogP contribution in [0.2, 0.25) is 5.02 Å². The molecule has 1 fully saturated rings.